The van der Waals surface area contributed by atoms with Crippen LogP contribution in [0.1, 0.15) is 38.7 Å². The van der Waals surface area contributed by atoms with Crippen molar-refractivity contribution in [2.45, 2.75) is 39.5 Å². The fraction of sp³-hybridized carbons (Fsp3) is 0.438. The molecule has 1 aliphatic rings. The summed E-state index contributed by atoms with van der Waals surface area (Å²) in [7, 11) is 0. The molecule has 1 nitrogen and oxygen atoms in total. The highest BCUT2D eigenvalue weighted by Gasteiger charge is 2.27. The second kappa shape index (κ2) is 5.46. The quantitative estimate of drug-likeness (QED) is 0.732. The standard InChI is InChI=1S/C16H18ClFO/c1-16(2)6-5-12(10-19)13(9-16)7-11-3-4-14(17)8-15(11)18/h3-4,8,10H,5-7,9H2,1-2H3. The molecule has 0 fully saturated rings. The minimum atomic E-state index is -0.298. The van der Waals surface area contributed by atoms with E-state index in [1.165, 1.54) is 6.07 Å². The van der Waals surface area contributed by atoms with Crippen molar-refractivity contribution in [2.24, 2.45) is 5.41 Å². The lowest BCUT2D eigenvalue weighted by Crippen LogP contribution is -2.20. The van der Waals surface area contributed by atoms with Gasteiger partial charge in [0.15, 0.2) is 0 Å². The molecule has 0 aromatic heterocycles. The Labute approximate surface area is 118 Å². The van der Waals surface area contributed by atoms with Crippen molar-refractivity contribution in [2.75, 3.05) is 0 Å². The third-order valence-corrected chi connectivity index (χ3v) is 4.01. The van der Waals surface area contributed by atoms with E-state index in [2.05, 4.69) is 13.8 Å². The predicted molar refractivity (Wildman–Crippen MR) is 75.8 cm³/mol. The lowest BCUT2D eigenvalue weighted by atomic mass is 9.73. The van der Waals surface area contributed by atoms with Crippen LogP contribution in [0.15, 0.2) is 29.3 Å². The molecule has 2 rings (SSSR count). The summed E-state index contributed by atoms with van der Waals surface area (Å²) in [6, 6.07) is 4.72. The Hall–Kier alpha value is -1.15. The average Bonchev–Trinajstić information content (AvgIpc) is 2.32. The van der Waals surface area contributed by atoms with Crippen LogP contribution < -0.4 is 0 Å². The third kappa shape index (κ3) is 3.44. The van der Waals surface area contributed by atoms with Gasteiger partial charge in [-0.15, -0.1) is 0 Å². The van der Waals surface area contributed by atoms with Gasteiger partial charge in [0.2, 0.25) is 0 Å². The van der Waals surface area contributed by atoms with Crippen LogP contribution in [-0.2, 0) is 11.2 Å². The number of carbonyl (C=O) groups is 1. The molecule has 0 aliphatic heterocycles. The maximum Gasteiger partial charge on any atom is 0.145 e. The van der Waals surface area contributed by atoms with E-state index < -0.39 is 0 Å². The van der Waals surface area contributed by atoms with Crippen LogP contribution in [0.2, 0.25) is 5.02 Å². The molecule has 0 radical (unpaired) electrons. The van der Waals surface area contributed by atoms with Crippen molar-refractivity contribution in [1.82, 2.24) is 0 Å². The number of hydrogen-bond acceptors (Lipinski definition) is 1. The van der Waals surface area contributed by atoms with Crippen molar-refractivity contribution in [1.29, 1.82) is 0 Å². The molecule has 0 heterocycles. The van der Waals surface area contributed by atoms with Crippen LogP contribution in [0.3, 0.4) is 0 Å². The number of benzene rings is 1. The Bertz CT molecular complexity index is 532. The van der Waals surface area contributed by atoms with Crippen molar-refractivity contribution < 1.29 is 9.18 Å². The molecule has 0 spiro atoms. The third-order valence-electron chi connectivity index (χ3n) is 3.78. The molecular formula is C16H18ClFO. The molecule has 0 N–H and O–H groups in total. The van der Waals surface area contributed by atoms with E-state index in [-0.39, 0.29) is 11.2 Å². The summed E-state index contributed by atoms with van der Waals surface area (Å²) < 4.78 is 13.8. The van der Waals surface area contributed by atoms with Crippen LogP contribution in [0.5, 0.6) is 0 Å². The fourth-order valence-electron chi connectivity index (χ4n) is 2.64. The van der Waals surface area contributed by atoms with Crippen LogP contribution in [-0.4, -0.2) is 6.29 Å². The topological polar surface area (TPSA) is 17.1 Å². The van der Waals surface area contributed by atoms with E-state index in [1.54, 1.807) is 12.1 Å². The first kappa shape index (κ1) is 14.3. The van der Waals surface area contributed by atoms with Gasteiger partial charge in [-0.25, -0.2) is 4.39 Å². The van der Waals surface area contributed by atoms with Crippen LogP contribution in [0, 0.1) is 11.2 Å². The van der Waals surface area contributed by atoms with Gasteiger partial charge < -0.3 is 0 Å². The summed E-state index contributed by atoms with van der Waals surface area (Å²) in [5.41, 5.74) is 2.70. The van der Waals surface area contributed by atoms with Crippen molar-refractivity contribution in [3.8, 4) is 0 Å². The molecule has 0 saturated heterocycles. The molecule has 1 aliphatic carbocycles. The summed E-state index contributed by atoms with van der Waals surface area (Å²) >= 11 is 5.75. The molecule has 0 atom stereocenters. The van der Waals surface area contributed by atoms with Gasteiger partial charge >= 0.3 is 0 Å². The second-order valence-electron chi connectivity index (χ2n) is 6.00. The molecule has 102 valence electrons. The molecular weight excluding hydrogens is 263 g/mol. The molecule has 0 amide bonds. The Kier molecular flexibility index (Phi) is 4.10. The summed E-state index contributed by atoms with van der Waals surface area (Å²) in [6.45, 7) is 4.37. The maximum atomic E-state index is 13.8. The lowest BCUT2D eigenvalue weighted by molar-refractivity contribution is -0.105. The molecule has 3 heteroatoms. The highest BCUT2D eigenvalue weighted by atomic mass is 35.5. The predicted octanol–water partition coefficient (Wildman–Crippen LogP) is 4.73. The van der Waals surface area contributed by atoms with Crippen LogP contribution in [0.25, 0.3) is 0 Å². The SMILES string of the molecule is CC1(C)CCC(C=O)=C(Cc2ccc(Cl)cc2F)C1. The summed E-state index contributed by atoms with van der Waals surface area (Å²) in [4.78, 5) is 11.1. The van der Waals surface area contributed by atoms with Gasteiger partial charge in [0, 0.05) is 5.02 Å². The number of hydrogen-bond donors (Lipinski definition) is 0. The second-order valence-corrected chi connectivity index (χ2v) is 6.44. The number of halogens is 2. The van der Waals surface area contributed by atoms with Gasteiger partial charge in [-0.3, -0.25) is 4.79 Å². The van der Waals surface area contributed by atoms with E-state index >= 15 is 0 Å². The number of aldehydes is 1. The Balaban J connectivity index is 2.29. The van der Waals surface area contributed by atoms with Crippen LogP contribution >= 0.6 is 11.6 Å². The van der Waals surface area contributed by atoms with Gasteiger partial charge in [-0.1, -0.05) is 37.1 Å². The molecule has 19 heavy (non-hydrogen) atoms. The van der Waals surface area contributed by atoms with Crippen molar-refractivity contribution in [3.63, 3.8) is 0 Å². The smallest absolute Gasteiger partial charge is 0.145 e. The van der Waals surface area contributed by atoms with E-state index in [9.17, 15) is 9.18 Å². The van der Waals surface area contributed by atoms with Gasteiger partial charge in [-0.05, 0) is 54.4 Å². The summed E-state index contributed by atoms with van der Waals surface area (Å²) in [6.07, 6.45) is 4.08. The van der Waals surface area contributed by atoms with E-state index in [1.807, 2.05) is 0 Å². The highest BCUT2D eigenvalue weighted by Crippen LogP contribution is 2.39. The van der Waals surface area contributed by atoms with Crippen molar-refractivity contribution >= 4 is 17.9 Å². The zero-order valence-electron chi connectivity index (χ0n) is 11.3. The zero-order valence-corrected chi connectivity index (χ0v) is 12.1. The summed E-state index contributed by atoms with van der Waals surface area (Å²) in [5, 5.41) is 0.398. The highest BCUT2D eigenvalue weighted by molar-refractivity contribution is 6.30. The van der Waals surface area contributed by atoms with Gasteiger partial charge in [0.05, 0.1) is 0 Å². The minimum Gasteiger partial charge on any atom is -0.298 e. The minimum absolute atomic E-state index is 0.185. The molecule has 1 aromatic rings. The molecule has 1 aromatic carbocycles. The lowest BCUT2D eigenvalue weighted by Gasteiger charge is -2.32. The molecule has 0 bridgehead atoms. The molecule has 0 saturated carbocycles. The van der Waals surface area contributed by atoms with Crippen LogP contribution in [0.4, 0.5) is 4.39 Å². The van der Waals surface area contributed by atoms with Crippen molar-refractivity contribution in [3.05, 3.63) is 45.7 Å². The maximum absolute atomic E-state index is 13.8. The summed E-state index contributed by atoms with van der Waals surface area (Å²) in [5.74, 6) is -0.298. The average molecular weight is 281 g/mol. The fourth-order valence-corrected chi connectivity index (χ4v) is 2.80. The number of carbonyl (C=O) groups excluding carboxylic acids is 1. The van der Waals surface area contributed by atoms with E-state index in [4.69, 9.17) is 11.6 Å². The Morgan fingerprint density at radius 1 is 1.42 bits per heavy atom. The first-order valence-corrected chi connectivity index (χ1v) is 6.89. The first-order valence-electron chi connectivity index (χ1n) is 6.51. The first-order chi connectivity index (χ1) is 8.91. The van der Waals surface area contributed by atoms with Gasteiger partial charge in [0.1, 0.15) is 12.1 Å². The largest absolute Gasteiger partial charge is 0.298 e. The monoisotopic (exact) mass is 280 g/mol. The number of allylic oxidation sites excluding steroid dienone is 2. The zero-order chi connectivity index (χ0) is 14.0. The van der Waals surface area contributed by atoms with E-state index in [0.717, 1.165) is 36.7 Å². The Morgan fingerprint density at radius 2 is 2.16 bits per heavy atom. The van der Waals surface area contributed by atoms with Gasteiger partial charge in [0.25, 0.3) is 0 Å². The Morgan fingerprint density at radius 3 is 2.79 bits per heavy atom. The van der Waals surface area contributed by atoms with Gasteiger partial charge in [-0.2, -0.15) is 0 Å². The van der Waals surface area contributed by atoms with E-state index in [0.29, 0.717) is 17.0 Å². The normalized spacial score (nSPS) is 18.5. The number of rotatable bonds is 3. The molecule has 0 unspecified atom stereocenters.